The predicted molar refractivity (Wildman–Crippen MR) is 118 cm³/mol. The molecule has 162 valence electrons. The fourth-order valence-electron chi connectivity index (χ4n) is 3.19. The first kappa shape index (κ1) is 27.0. The topological polar surface area (TPSA) is 76.8 Å². The Bertz CT molecular complexity index is 548. The number of likely N-dealkylation sites (N-methyl/N-ethyl adjacent to an activating group) is 1. The number of nitrogens with two attached hydrogens (primary N) is 1. The highest BCUT2D eigenvalue weighted by Crippen LogP contribution is 2.29. The highest BCUT2D eigenvalue weighted by molar-refractivity contribution is 5.85. The molecule has 1 fully saturated rings. The van der Waals surface area contributed by atoms with Gasteiger partial charge in [-0.3, -0.25) is 4.79 Å². The van der Waals surface area contributed by atoms with Crippen molar-refractivity contribution in [3.8, 4) is 5.75 Å². The predicted octanol–water partition coefficient (Wildman–Crippen LogP) is 2.62. The van der Waals surface area contributed by atoms with Gasteiger partial charge >= 0.3 is 0 Å². The third-order valence-corrected chi connectivity index (χ3v) is 5.27. The Labute approximate surface area is 181 Å². The van der Waals surface area contributed by atoms with Crippen LogP contribution in [0.4, 0.5) is 0 Å². The number of halogens is 2. The summed E-state index contributed by atoms with van der Waals surface area (Å²) in [7, 11) is 0. The molecule has 2 rings (SSSR count). The Kier molecular flexibility index (Phi) is 13.5. The molecule has 0 unspecified atom stereocenters. The first-order valence-electron chi connectivity index (χ1n) is 9.63. The summed E-state index contributed by atoms with van der Waals surface area (Å²) in [5.41, 5.74) is 6.45. The minimum absolute atomic E-state index is 0. The molecular formula is C20H35Cl2N3O3. The Morgan fingerprint density at radius 3 is 2.32 bits per heavy atom. The van der Waals surface area contributed by atoms with Gasteiger partial charge in [0.2, 0.25) is 5.91 Å². The summed E-state index contributed by atoms with van der Waals surface area (Å²) >= 11 is 0. The van der Waals surface area contributed by atoms with Gasteiger partial charge < -0.3 is 25.4 Å². The van der Waals surface area contributed by atoms with E-state index in [1.807, 2.05) is 24.3 Å². The summed E-state index contributed by atoms with van der Waals surface area (Å²) in [5, 5.41) is 3.03. The number of carbonyl (C=O) groups excluding carboxylic acids is 1. The van der Waals surface area contributed by atoms with Gasteiger partial charge in [-0.2, -0.15) is 0 Å². The van der Waals surface area contributed by atoms with Gasteiger partial charge in [-0.25, -0.2) is 0 Å². The molecule has 0 bridgehead atoms. The lowest BCUT2D eigenvalue weighted by Crippen LogP contribution is -2.48. The van der Waals surface area contributed by atoms with Gasteiger partial charge in [-0.1, -0.05) is 26.0 Å². The maximum absolute atomic E-state index is 12.6. The van der Waals surface area contributed by atoms with E-state index in [9.17, 15) is 4.79 Å². The van der Waals surface area contributed by atoms with Crippen LogP contribution in [0, 0.1) is 5.41 Å². The van der Waals surface area contributed by atoms with Crippen molar-refractivity contribution in [3.05, 3.63) is 29.8 Å². The van der Waals surface area contributed by atoms with E-state index in [0.717, 1.165) is 30.9 Å². The van der Waals surface area contributed by atoms with Gasteiger partial charge in [-0.15, -0.1) is 24.8 Å². The average molecular weight is 436 g/mol. The van der Waals surface area contributed by atoms with Crippen LogP contribution in [0.25, 0.3) is 0 Å². The maximum atomic E-state index is 12.6. The maximum Gasteiger partial charge on any atom is 0.227 e. The van der Waals surface area contributed by atoms with Gasteiger partial charge in [0, 0.05) is 32.8 Å². The Morgan fingerprint density at radius 1 is 1.18 bits per heavy atom. The van der Waals surface area contributed by atoms with Crippen LogP contribution >= 0.6 is 24.8 Å². The summed E-state index contributed by atoms with van der Waals surface area (Å²) in [5.74, 6) is 0.887. The molecule has 0 aliphatic carbocycles. The summed E-state index contributed by atoms with van der Waals surface area (Å²) < 4.78 is 11.2. The minimum atomic E-state index is -0.480. The van der Waals surface area contributed by atoms with Crippen molar-refractivity contribution in [1.82, 2.24) is 10.2 Å². The third-order valence-electron chi connectivity index (χ3n) is 5.27. The molecule has 1 aliphatic rings. The zero-order valence-corrected chi connectivity index (χ0v) is 18.6. The SMILES string of the molecule is CCN(CC)CCOc1ccc(CNC(=O)C2(CN)CCOCC2)cc1.Cl.Cl. The number of benzene rings is 1. The third kappa shape index (κ3) is 7.76. The van der Waals surface area contributed by atoms with E-state index in [1.54, 1.807) is 0 Å². The lowest BCUT2D eigenvalue weighted by Gasteiger charge is -2.34. The van der Waals surface area contributed by atoms with E-state index in [0.29, 0.717) is 45.8 Å². The van der Waals surface area contributed by atoms with Crippen LogP contribution in [-0.4, -0.2) is 56.8 Å². The molecule has 1 aliphatic heterocycles. The molecule has 1 amide bonds. The van der Waals surface area contributed by atoms with Crippen LogP contribution in [-0.2, 0) is 16.1 Å². The quantitative estimate of drug-likeness (QED) is 0.590. The summed E-state index contributed by atoms with van der Waals surface area (Å²) in [6.45, 7) is 10.1. The number of hydrogen-bond acceptors (Lipinski definition) is 5. The molecule has 0 radical (unpaired) electrons. The second kappa shape index (κ2) is 14.0. The summed E-state index contributed by atoms with van der Waals surface area (Å²) in [6, 6.07) is 7.89. The molecule has 0 aromatic heterocycles. The van der Waals surface area contributed by atoms with E-state index >= 15 is 0 Å². The number of nitrogens with one attached hydrogen (secondary N) is 1. The second-order valence-corrected chi connectivity index (χ2v) is 6.80. The minimum Gasteiger partial charge on any atom is -0.492 e. The van der Waals surface area contributed by atoms with Gasteiger partial charge in [0.25, 0.3) is 0 Å². The monoisotopic (exact) mass is 435 g/mol. The molecule has 8 heteroatoms. The Balaban J connectivity index is 0.00000364. The molecular weight excluding hydrogens is 401 g/mol. The molecule has 0 atom stereocenters. The summed E-state index contributed by atoms with van der Waals surface area (Å²) in [6.07, 6.45) is 1.38. The van der Waals surface area contributed by atoms with Crippen molar-refractivity contribution in [3.63, 3.8) is 0 Å². The number of nitrogens with zero attached hydrogens (tertiary/aromatic N) is 1. The van der Waals surface area contributed by atoms with Crippen molar-refractivity contribution in [2.24, 2.45) is 11.1 Å². The lowest BCUT2D eigenvalue weighted by atomic mass is 9.79. The summed E-state index contributed by atoms with van der Waals surface area (Å²) in [4.78, 5) is 14.9. The van der Waals surface area contributed by atoms with E-state index in [4.69, 9.17) is 15.2 Å². The van der Waals surface area contributed by atoms with Crippen LogP contribution in [0.15, 0.2) is 24.3 Å². The van der Waals surface area contributed by atoms with Gasteiger partial charge in [-0.05, 0) is 43.6 Å². The van der Waals surface area contributed by atoms with Gasteiger partial charge in [0.1, 0.15) is 12.4 Å². The fourth-order valence-corrected chi connectivity index (χ4v) is 3.19. The number of ether oxygens (including phenoxy) is 2. The second-order valence-electron chi connectivity index (χ2n) is 6.80. The molecule has 6 nitrogen and oxygen atoms in total. The first-order chi connectivity index (χ1) is 12.6. The molecule has 3 N–H and O–H groups in total. The molecule has 1 aromatic rings. The Hall–Kier alpha value is -1.05. The van der Waals surface area contributed by atoms with Gasteiger partial charge in [0.05, 0.1) is 5.41 Å². The largest absolute Gasteiger partial charge is 0.492 e. The smallest absolute Gasteiger partial charge is 0.227 e. The van der Waals surface area contributed by atoms with Crippen LogP contribution in [0.1, 0.15) is 32.3 Å². The highest BCUT2D eigenvalue weighted by Gasteiger charge is 2.38. The van der Waals surface area contributed by atoms with E-state index in [1.165, 1.54) is 0 Å². The van der Waals surface area contributed by atoms with E-state index < -0.39 is 5.41 Å². The van der Waals surface area contributed by atoms with Crippen LogP contribution in [0.5, 0.6) is 5.75 Å². The molecule has 1 aromatic carbocycles. The standard InChI is InChI=1S/C20H33N3O3.2ClH/c1-3-23(4-2)11-14-26-18-7-5-17(6-8-18)15-22-19(24)20(16-21)9-12-25-13-10-20;;/h5-8H,3-4,9-16,21H2,1-2H3,(H,22,24);2*1H. The lowest BCUT2D eigenvalue weighted by molar-refractivity contribution is -0.136. The number of carbonyl (C=O) groups is 1. The number of amides is 1. The van der Waals surface area contributed by atoms with Crippen molar-refractivity contribution < 1.29 is 14.3 Å². The van der Waals surface area contributed by atoms with Crippen molar-refractivity contribution in [1.29, 1.82) is 0 Å². The van der Waals surface area contributed by atoms with Crippen LogP contribution < -0.4 is 15.8 Å². The Morgan fingerprint density at radius 2 is 1.79 bits per heavy atom. The zero-order valence-electron chi connectivity index (χ0n) is 16.9. The van der Waals surface area contributed by atoms with E-state index in [2.05, 4.69) is 24.1 Å². The zero-order chi connectivity index (χ0) is 18.8. The average Bonchev–Trinajstić information content (AvgIpc) is 2.70. The number of rotatable bonds is 10. The fraction of sp³-hybridized carbons (Fsp3) is 0.650. The molecule has 0 saturated carbocycles. The van der Waals surface area contributed by atoms with Crippen molar-refractivity contribution >= 4 is 30.7 Å². The van der Waals surface area contributed by atoms with Crippen molar-refractivity contribution in [2.75, 3.05) is 46.0 Å². The molecule has 28 heavy (non-hydrogen) atoms. The normalized spacial score (nSPS) is 15.3. The molecule has 0 spiro atoms. The number of hydrogen-bond donors (Lipinski definition) is 2. The molecule has 1 saturated heterocycles. The van der Waals surface area contributed by atoms with Crippen LogP contribution in [0.2, 0.25) is 0 Å². The highest BCUT2D eigenvalue weighted by atomic mass is 35.5. The first-order valence-corrected chi connectivity index (χ1v) is 9.63. The van der Waals surface area contributed by atoms with E-state index in [-0.39, 0.29) is 30.7 Å². The van der Waals surface area contributed by atoms with Crippen LogP contribution in [0.3, 0.4) is 0 Å². The van der Waals surface area contributed by atoms with Crippen molar-refractivity contribution in [2.45, 2.75) is 33.2 Å². The molecule has 1 heterocycles. The van der Waals surface area contributed by atoms with Gasteiger partial charge in [0.15, 0.2) is 0 Å².